The first-order valence-electron chi connectivity index (χ1n) is 10.3. The summed E-state index contributed by atoms with van der Waals surface area (Å²) < 4.78 is 63.7. The Kier molecular flexibility index (Phi) is 6.92. The molecule has 1 aromatic carbocycles. The van der Waals surface area contributed by atoms with Gasteiger partial charge in [0.15, 0.2) is 0 Å². The van der Waals surface area contributed by atoms with Gasteiger partial charge in [0.1, 0.15) is 4.90 Å². The van der Waals surface area contributed by atoms with Crippen molar-refractivity contribution in [2.75, 3.05) is 0 Å². The highest BCUT2D eigenvalue weighted by Crippen LogP contribution is 3.02. The molecule has 2 rings (SSSR count). The topological polar surface area (TPSA) is 0 Å². The zero-order valence-corrected chi connectivity index (χ0v) is 17.1. The first-order chi connectivity index (χ1) is 12.5. The van der Waals surface area contributed by atoms with Crippen LogP contribution in [0.2, 0.25) is 0 Å². The van der Waals surface area contributed by atoms with E-state index in [0.29, 0.717) is 30.0 Å². The third-order valence-electron chi connectivity index (χ3n) is 5.89. The second kappa shape index (κ2) is 8.30. The average molecular weight is 413 g/mol. The third kappa shape index (κ3) is 8.00. The van der Waals surface area contributed by atoms with Crippen molar-refractivity contribution in [3.8, 4) is 0 Å². The lowest BCUT2D eigenvalue weighted by atomic mass is 9.78. The van der Waals surface area contributed by atoms with Gasteiger partial charge in [0.25, 0.3) is 0 Å². The van der Waals surface area contributed by atoms with Crippen LogP contribution >= 0.6 is 10.2 Å². The Labute approximate surface area is 160 Å². The predicted molar refractivity (Wildman–Crippen MR) is 105 cm³/mol. The summed E-state index contributed by atoms with van der Waals surface area (Å²) in [4.78, 5) is -1.79. The zero-order valence-electron chi connectivity index (χ0n) is 16.2. The lowest BCUT2D eigenvalue weighted by Crippen LogP contribution is -2.15. The van der Waals surface area contributed by atoms with Crippen molar-refractivity contribution in [1.29, 1.82) is 0 Å². The predicted octanol–water partition coefficient (Wildman–Crippen LogP) is 9.44. The van der Waals surface area contributed by atoms with E-state index in [1.54, 1.807) is 0 Å². The van der Waals surface area contributed by atoms with Crippen molar-refractivity contribution in [2.24, 2.45) is 11.8 Å². The van der Waals surface area contributed by atoms with E-state index < -0.39 is 15.1 Å². The van der Waals surface area contributed by atoms with Gasteiger partial charge in [-0.1, -0.05) is 103 Å². The Balaban J connectivity index is 1.70. The fraction of sp³-hybridized carbons (Fsp3) is 0.714. The molecule has 1 saturated carbocycles. The van der Waals surface area contributed by atoms with Crippen LogP contribution in [-0.4, -0.2) is 0 Å². The van der Waals surface area contributed by atoms with Gasteiger partial charge in [0.05, 0.1) is 0 Å². The molecule has 0 spiro atoms. The molecule has 0 radical (unpaired) electrons. The molecular formula is C21H33F5S. The Morgan fingerprint density at radius 3 is 1.78 bits per heavy atom. The molecule has 6 heteroatoms. The van der Waals surface area contributed by atoms with Gasteiger partial charge >= 0.3 is 10.2 Å². The molecule has 1 fully saturated rings. The molecule has 0 nitrogen and oxygen atoms in total. The maximum atomic E-state index is 12.7. The van der Waals surface area contributed by atoms with Gasteiger partial charge in [0.2, 0.25) is 0 Å². The molecular weight excluding hydrogens is 379 g/mol. The molecule has 0 saturated heterocycles. The fourth-order valence-corrected chi connectivity index (χ4v) is 4.78. The fourth-order valence-electron chi connectivity index (χ4n) is 4.13. The number of rotatable bonds is 10. The highest BCUT2D eigenvalue weighted by Gasteiger charge is 2.65. The zero-order chi connectivity index (χ0) is 20.0. The molecule has 0 bridgehead atoms. The molecule has 0 atom stereocenters. The summed E-state index contributed by atoms with van der Waals surface area (Å²) in [6, 6.07) is 3.48. The quantitative estimate of drug-likeness (QED) is 0.265. The average Bonchev–Trinajstić information content (AvgIpc) is 2.59. The smallest absolute Gasteiger partial charge is 0.0936 e. The van der Waals surface area contributed by atoms with Crippen LogP contribution in [0, 0.1) is 11.8 Å². The molecule has 0 amide bonds. The summed E-state index contributed by atoms with van der Waals surface area (Å²) in [5.41, 5.74) is 0.707. The molecule has 0 aromatic heterocycles. The van der Waals surface area contributed by atoms with Crippen molar-refractivity contribution in [3.63, 3.8) is 0 Å². The van der Waals surface area contributed by atoms with Gasteiger partial charge in [-0.3, -0.25) is 0 Å². The number of unbranched alkanes of at least 4 members (excludes halogenated alkanes) is 4. The van der Waals surface area contributed by atoms with Crippen LogP contribution in [0.25, 0.3) is 0 Å². The van der Waals surface area contributed by atoms with E-state index in [1.165, 1.54) is 76.3 Å². The molecule has 1 aliphatic rings. The summed E-state index contributed by atoms with van der Waals surface area (Å²) in [5, 5.41) is 0. The van der Waals surface area contributed by atoms with Crippen LogP contribution < -0.4 is 0 Å². The first kappa shape index (κ1) is 22.5. The van der Waals surface area contributed by atoms with Gasteiger partial charge in [-0.2, -0.15) is 0 Å². The molecule has 0 aliphatic heterocycles. The van der Waals surface area contributed by atoms with E-state index in [-0.39, 0.29) is 0 Å². The molecule has 0 N–H and O–H groups in total. The van der Waals surface area contributed by atoms with Crippen LogP contribution in [0.5, 0.6) is 0 Å². The van der Waals surface area contributed by atoms with Crippen LogP contribution in [0.1, 0.15) is 83.1 Å². The minimum Gasteiger partial charge on any atom is -0.0936 e. The standard InChI is InChI=1S/C21H33F5S/c1-2-3-4-5-6-7-18-8-10-19(11-9-18)12-13-20-14-16-21(17-15-20)27(22,23,24,25)26/h14-19H,2-13H2,1H3. The van der Waals surface area contributed by atoms with Crippen molar-refractivity contribution >= 4 is 10.2 Å². The number of aryl methyl sites for hydroxylation is 1. The van der Waals surface area contributed by atoms with E-state index in [1.807, 2.05) is 0 Å². The van der Waals surface area contributed by atoms with Crippen molar-refractivity contribution < 1.29 is 19.4 Å². The summed E-state index contributed by atoms with van der Waals surface area (Å²) in [6.07, 6.45) is 14.4. The van der Waals surface area contributed by atoms with E-state index in [2.05, 4.69) is 6.92 Å². The van der Waals surface area contributed by atoms with Crippen molar-refractivity contribution in [3.05, 3.63) is 29.8 Å². The lowest BCUT2D eigenvalue weighted by Gasteiger charge is -2.40. The molecule has 0 unspecified atom stereocenters. The summed E-state index contributed by atoms with van der Waals surface area (Å²) in [5.74, 6) is 1.44. The van der Waals surface area contributed by atoms with Crippen molar-refractivity contribution in [2.45, 2.75) is 88.9 Å². The van der Waals surface area contributed by atoms with Gasteiger partial charge in [-0.25, -0.2) is 0 Å². The second-order valence-corrected chi connectivity index (χ2v) is 10.7. The van der Waals surface area contributed by atoms with Crippen LogP contribution in [0.4, 0.5) is 19.4 Å². The van der Waals surface area contributed by atoms with E-state index in [0.717, 1.165) is 12.3 Å². The monoisotopic (exact) mass is 412 g/mol. The molecule has 0 heterocycles. The van der Waals surface area contributed by atoms with E-state index in [4.69, 9.17) is 0 Å². The molecule has 1 aromatic rings. The van der Waals surface area contributed by atoms with E-state index in [9.17, 15) is 19.4 Å². The van der Waals surface area contributed by atoms with Crippen LogP contribution in [-0.2, 0) is 6.42 Å². The number of halogens is 5. The minimum atomic E-state index is -9.54. The summed E-state index contributed by atoms with van der Waals surface area (Å²) >= 11 is 0. The third-order valence-corrected chi connectivity index (χ3v) is 7.06. The maximum absolute atomic E-state index is 12.7. The highest BCUT2D eigenvalue weighted by molar-refractivity contribution is 8.45. The van der Waals surface area contributed by atoms with Gasteiger partial charge in [-0.15, -0.1) is 0 Å². The second-order valence-electron chi connectivity index (χ2n) is 8.24. The maximum Gasteiger partial charge on any atom is 0.310 e. The lowest BCUT2D eigenvalue weighted by molar-refractivity contribution is 0.248. The Morgan fingerprint density at radius 2 is 1.26 bits per heavy atom. The summed E-state index contributed by atoms with van der Waals surface area (Å²) in [6.45, 7) is 2.22. The molecule has 158 valence electrons. The Morgan fingerprint density at radius 1 is 0.741 bits per heavy atom. The van der Waals surface area contributed by atoms with E-state index >= 15 is 0 Å². The van der Waals surface area contributed by atoms with Crippen molar-refractivity contribution in [1.82, 2.24) is 0 Å². The normalized spacial score (nSPS) is 23.6. The number of benzene rings is 1. The summed E-state index contributed by atoms with van der Waals surface area (Å²) in [7, 11) is -9.54. The first-order valence-corrected chi connectivity index (χ1v) is 12.3. The highest BCUT2D eigenvalue weighted by atomic mass is 32.5. The van der Waals surface area contributed by atoms with Crippen LogP contribution in [0.15, 0.2) is 29.2 Å². The number of hydrogen-bond donors (Lipinski definition) is 0. The Hall–Kier alpha value is -0.780. The van der Waals surface area contributed by atoms with Crippen LogP contribution in [0.3, 0.4) is 0 Å². The molecule has 27 heavy (non-hydrogen) atoms. The van der Waals surface area contributed by atoms with Gasteiger partial charge in [0, 0.05) is 0 Å². The largest absolute Gasteiger partial charge is 0.310 e. The molecule has 1 aliphatic carbocycles. The Bertz CT molecular complexity index is 571. The van der Waals surface area contributed by atoms with Gasteiger partial charge in [-0.05, 0) is 42.4 Å². The SMILES string of the molecule is CCCCCCCC1CCC(CCc2ccc(S(F)(F)(F)(F)F)cc2)CC1. The van der Waals surface area contributed by atoms with Gasteiger partial charge < -0.3 is 0 Å². The minimum absolute atomic E-state index is 0.534. The number of hydrogen-bond acceptors (Lipinski definition) is 0.